The van der Waals surface area contributed by atoms with E-state index in [1.54, 1.807) is 0 Å². The van der Waals surface area contributed by atoms with Gasteiger partial charge in [0.05, 0.1) is 18.0 Å². The zero-order chi connectivity index (χ0) is 17.2. The van der Waals surface area contributed by atoms with Gasteiger partial charge in [-0.25, -0.2) is 14.8 Å². The van der Waals surface area contributed by atoms with Crippen LogP contribution in [0.25, 0.3) is 11.2 Å². The Morgan fingerprint density at radius 1 is 1.35 bits per heavy atom. The standard InChI is InChI=1S/C16H25N3O3Si/c1-10(2)13-12(9-22-6-7-23(3,4)5)18-14-11(16(20)21)8-17-15(14)19-13/h8,10H,6-7,9H2,1-5H3,(H,17,19)(H,20,21). The third-order valence-corrected chi connectivity index (χ3v) is 5.32. The minimum Gasteiger partial charge on any atom is -0.478 e. The summed E-state index contributed by atoms with van der Waals surface area (Å²) in [5.74, 6) is -0.812. The number of nitrogens with zero attached hydrogens (tertiary/aromatic N) is 2. The number of hydrogen-bond acceptors (Lipinski definition) is 4. The summed E-state index contributed by atoms with van der Waals surface area (Å²) in [6.07, 6.45) is 1.44. The smallest absolute Gasteiger partial charge is 0.339 e. The fourth-order valence-corrected chi connectivity index (χ4v) is 3.02. The average Bonchev–Trinajstić information content (AvgIpc) is 2.84. The number of carboxylic acid groups (broad SMARTS) is 1. The van der Waals surface area contributed by atoms with Gasteiger partial charge in [0, 0.05) is 20.9 Å². The highest BCUT2D eigenvalue weighted by atomic mass is 28.3. The molecule has 2 heterocycles. The van der Waals surface area contributed by atoms with Crippen molar-refractivity contribution in [2.45, 2.75) is 52.1 Å². The topological polar surface area (TPSA) is 88.1 Å². The summed E-state index contributed by atoms with van der Waals surface area (Å²) >= 11 is 0. The number of hydrogen-bond donors (Lipinski definition) is 2. The van der Waals surface area contributed by atoms with Crippen molar-refractivity contribution in [2.24, 2.45) is 0 Å². The maximum atomic E-state index is 11.3. The molecule has 2 rings (SSSR count). The Kier molecular flexibility index (Phi) is 5.21. The second-order valence-electron chi connectivity index (χ2n) is 7.28. The molecule has 0 aliphatic heterocycles. The van der Waals surface area contributed by atoms with Gasteiger partial charge in [0.1, 0.15) is 11.1 Å². The number of aromatic carboxylic acids is 1. The third kappa shape index (κ3) is 4.39. The number of H-pyrrole nitrogens is 1. The molecule has 0 atom stereocenters. The zero-order valence-electron chi connectivity index (χ0n) is 14.4. The van der Waals surface area contributed by atoms with E-state index < -0.39 is 14.0 Å². The van der Waals surface area contributed by atoms with Gasteiger partial charge in [0.2, 0.25) is 0 Å². The Morgan fingerprint density at radius 2 is 2.04 bits per heavy atom. The molecule has 0 aliphatic carbocycles. The number of aromatic amines is 1. The minimum atomic E-state index is -1.13. The summed E-state index contributed by atoms with van der Waals surface area (Å²) in [6.45, 7) is 12.1. The van der Waals surface area contributed by atoms with Crippen molar-refractivity contribution in [3.63, 3.8) is 0 Å². The minimum absolute atomic E-state index is 0.145. The van der Waals surface area contributed by atoms with Gasteiger partial charge in [-0.1, -0.05) is 33.5 Å². The summed E-state index contributed by atoms with van der Waals surface area (Å²) in [5.41, 5.74) is 2.63. The van der Waals surface area contributed by atoms with Crippen molar-refractivity contribution < 1.29 is 14.6 Å². The van der Waals surface area contributed by atoms with Gasteiger partial charge in [-0.15, -0.1) is 0 Å². The summed E-state index contributed by atoms with van der Waals surface area (Å²) in [7, 11) is -1.13. The molecular formula is C16H25N3O3Si. The van der Waals surface area contributed by atoms with Crippen LogP contribution in [0.2, 0.25) is 25.7 Å². The fraction of sp³-hybridized carbons (Fsp3) is 0.562. The molecule has 6 nitrogen and oxygen atoms in total. The van der Waals surface area contributed by atoms with Crippen LogP contribution in [0.4, 0.5) is 0 Å². The van der Waals surface area contributed by atoms with Gasteiger partial charge in [-0.3, -0.25) is 0 Å². The molecule has 0 amide bonds. The van der Waals surface area contributed by atoms with E-state index >= 15 is 0 Å². The molecule has 23 heavy (non-hydrogen) atoms. The fourth-order valence-electron chi connectivity index (χ4n) is 2.26. The molecule has 0 aliphatic rings. The van der Waals surface area contributed by atoms with Crippen LogP contribution >= 0.6 is 0 Å². The van der Waals surface area contributed by atoms with Crippen LogP contribution in [0.5, 0.6) is 0 Å². The predicted octanol–water partition coefficient (Wildman–Crippen LogP) is 3.63. The lowest BCUT2D eigenvalue weighted by Crippen LogP contribution is -2.21. The lowest BCUT2D eigenvalue weighted by Gasteiger charge is -2.16. The zero-order valence-corrected chi connectivity index (χ0v) is 15.4. The van der Waals surface area contributed by atoms with E-state index in [0.29, 0.717) is 24.4 Å². The first kappa shape index (κ1) is 17.6. The molecule has 2 N–H and O–H groups in total. The molecule has 0 saturated heterocycles. The number of carboxylic acids is 1. The van der Waals surface area contributed by atoms with Gasteiger partial charge < -0.3 is 14.8 Å². The quantitative estimate of drug-likeness (QED) is 0.596. The maximum Gasteiger partial charge on any atom is 0.339 e. The van der Waals surface area contributed by atoms with Crippen LogP contribution in [-0.4, -0.2) is 40.7 Å². The SMILES string of the molecule is CC(C)c1nc2[nH]cc(C(=O)O)c2nc1COCC[Si](C)(C)C. The number of fused-ring (bicyclic) bond motifs is 1. The van der Waals surface area contributed by atoms with Crippen LogP contribution in [0.1, 0.15) is 41.5 Å². The van der Waals surface area contributed by atoms with Gasteiger partial charge in [0.25, 0.3) is 0 Å². The van der Waals surface area contributed by atoms with Gasteiger partial charge in [-0.05, 0) is 12.0 Å². The number of aromatic nitrogens is 3. The summed E-state index contributed by atoms with van der Waals surface area (Å²) in [4.78, 5) is 23.2. The van der Waals surface area contributed by atoms with Crippen LogP contribution < -0.4 is 0 Å². The van der Waals surface area contributed by atoms with Crippen molar-refractivity contribution in [2.75, 3.05) is 6.61 Å². The Morgan fingerprint density at radius 3 is 2.61 bits per heavy atom. The first-order chi connectivity index (χ1) is 10.7. The van der Waals surface area contributed by atoms with Gasteiger partial charge in [-0.2, -0.15) is 0 Å². The third-order valence-electron chi connectivity index (χ3n) is 3.62. The monoisotopic (exact) mass is 335 g/mol. The lowest BCUT2D eigenvalue weighted by molar-refractivity contribution is 0.0698. The van der Waals surface area contributed by atoms with E-state index in [9.17, 15) is 9.90 Å². The molecule has 0 fully saturated rings. The Hall–Kier alpha value is -1.73. The Balaban J connectivity index is 2.26. The summed E-state index contributed by atoms with van der Waals surface area (Å²) in [6, 6.07) is 1.09. The second-order valence-corrected chi connectivity index (χ2v) is 12.9. The molecule has 0 radical (unpaired) electrons. The van der Waals surface area contributed by atoms with E-state index in [1.165, 1.54) is 6.20 Å². The van der Waals surface area contributed by atoms with Crippen molar-refractivity contribution in [1.29, 1.82) is 0 Å². The molecule has 0 spiro atoms. The first-order valence-corrected chi connectivity index (χ1v) is 11.6. The number of nitrogens with one attached hydrogen (secondary N) is 1. The van der Waals surface area contributed by atoms with Crippen molar-refractivity contribution in [1.82, 2.24) is 15.0 Å². The molecule has 0 unspecified atom stereocenters. The molecule has 7 heteroatoms. The Bertz CT molecular complexity index is 704. The van der Waals surface area contributed by atoms with Crippen molar-refractivity contribution >= 4 is 25.2 Å². The second kappa shape index (κ2) is 6.80. The molecule has 126 valence electrons. The highest BCUT2D eigenvalue weighted by Crippen LogP contribution is 2.22. The predicted molar refractivity (Wildman–Crippen MR) is 92.7 cm³/mol. The van der Waals surface area contributed by atoms with E-state index in [-0.39, 0.29) is 11.5 Å². The van der Waals surface area contributed by atoms with Crippen LogP contribution in [0.15, 0.2) is 6.20 Å². The van der Waals surface area contributed by atoms with E-state index in [1.807, 2.05) is 13.8 Å². The van der Waals surface area contributed by atoms with Gasteiger partial charge in [0.15, 0.2) is 5.65 Å². The number of carbonyl (C=O) groups is 1. The number of rotatable bonds is 7. The lowest BCUT2D eigenvalue weighted by atomic mass is 10.1. The average molecular weight is 335 g/mol. The van der Waals surface area contributed by atoms with Crippen molar-refractivity contribution in [3.8, 4) is 0 Å². The Labute approximate surface area is 137 Å². The van der Waals surface area contributed by atoms with Crippen LogP contribution in [0, 0.1) is 0 Å². The molecule has 0 aromatic carbocycles. The van der Waals surface area contributed by atoms with Crippen LogP contribution in [0.3, 0.4) is 0 Å². The van der Waals surface area contributed by atoms with E-state index in [0.717, 1.165) is 17.4 Å². The summed E-state index contributed by atoms with van der Waals surface area (Å²) in [5, 5.41) is 9.23. The number of ether oxygens (including phenoxy) is 1. The molecular weight excluding hydrogens is 310 g/mol. The van der Waals surface area contributed by atoms with E-state index in [4.69, 9.17) is 4.74 Å². The molecule has 0 saturated carbocycles. The first-order valence-electron chi connectivity index (χ1n) is 7.88. The van der Waals surface area contributed by atoms with Crippen LogP contribution in [-0.2, 0) is 11.3 Å². The molecule has 2 aromatic rings. The maximum absolute atomic E-state index is 11.3. The highest BCUT2D eigenvalue weighted by Gasteiger charge is 2.19. The van der Waals surface area contributed by atoms with E-state index in [2.05, 4.69) is 34.6 Å². The summed E-state index contributed by atoms with van der Waals surface area (Å²) < 4.78 is 5.79. The molecule has 2 aromatic heterocycles. The normalized spacial score (nSPS) is 12.3. The highest BCUT2D eigenvalue weighted by molar-refractivity contribution is 6.76. The largest absolute Gasteiger partial charge is 0.478 e. The van der Waals surface area contributed by atoms with Crippen molar-refractivity contribution in [3.05, 3.63) is 23.1 Å². The van der Waals surface area contributed by atoms with Gasteiger partial charge >= 0.3 is 5.97 Å². The molecule has 0 bridgehead atoms.